The Hall–Kier alpha value is -0.620. The summed E-state index contributed by atoms with van der Waals surface area (Å²) in [6.07, 6.45) is 0. The highest BCUT2D eigenvalue weighted by atomic mass is 79.9. The third-order valence-corrected chi connectivity index (χ3v) is 5.01. The highest BCUT2D eigenvalue weighted by Crippen LogP contribution is 2.40. The standard InChI is InChI=1S/C10H11Br2NO3/c1-10(12,13(14)15)9(11)7-3-5-8(16-2)6-4-7/h3-6,9H,1-2H3. The molecule has 0 saturated heterocycles. The van der Waals surface area contributed by atoms with E-state index in [1.807, 2.05) is 0 Å². The van der Waals surface area contributed by atoms with Gasteiger partial charge in [0.05, 0.1) is 7.11 Å². The van der Waals surface area contributed by atoms with Crippen LogP contribution in [0, 0.1) is 10.1 Å². The summed E-state index contributed by atoms with van der Waals surface area (Å²) in [7, 11) is 1.58. The molecule has 0 spiro atoms. The average Bonchev–Trinajstić information content (AvgIpc) is 2.28. The predicted octanol–water partition coefficient (Wildman–Crippen LogP) is 3.52. The zero-order valence-corrected chi connectivity index (χ0v) is 12.0. The number of ether oxygens (including phenoxy) is 1. The molecule has 0 bridgehead atoms. The summed E-state index contributed by atoms with van der Waals surface area (Å²) >= 11 is 6.43. The fraction of sp³-hybridized carbons (Fsp3) is 0.400. The molecule has 2 atom stereocenters. The summed E-state index contributed by atoms with van der Waals surface area (Å²) in [6.45, 7) is 1.51. The lowest BCUT2D eigenvalue weighted by atomic mass is 10.1. The Kier molecular flexibility index (Phi) is 4.32. The lowest BCUT2D eigenvalue weighted by molar-refractivity contribution is -0.530. The molecule has 1 rings (SSSR count). The van der Waals surface area contributed by atoms with Gasteiger partial charge in [0, 0.05) is 27.8 Å². The van der Waals surface area contributed by atoms with Gasteiger partial charge >= 0.3 is 0 Å². The van der Waals surface area contributed by atoms with Crippen molar-refractivity contribution in [3.05, 3.63) is 39.9 Å². The van der Waals surface area contributed by atoms with Crippen LogP contribution in [0.15, 0.2) is 24.3 Å². The van der Waals surface area contributed by atoms with Gasteiger partial charge in [-0.2, -0.15) is 0 Å². The van der Waals surface area contributed by atoms with Crippen molar-refractivity contribution < 1.29 is 9.66 Å². The van der Waals surface area contributed by atoms with Crippen LogP contribution in [-0.2, 0) is 0 Å². The number of halogens is 2. The third kappa shape index (κ3) is 2.74. The van der Waals surface area contributed by atoms with Crippen LogP contribution in [0.25, 0.3) is 0 Å². The fourth-order valence-electron chi connectivity index (χ4n) is 1.17. The maximum absolute atomic E-state index is 10.9. The van der Waals surface area contributed by atoms with Crippen molar-refractivity contribution in [1.82, 2.24) is 0 Å². The highest BCUT2D eigenvalue weighted by Gasteiger charge is 2.42. The van der Waals surface area contributed by atoms with Gasteiger partial charge in [-0.15, -0.1) is 0 Å². The Morgan fingerprint density at radius 1 is 1.44 bits per heavy atom. The normalized spacial score (nSPS) is 16.2. The van der Waals surface area contributed by atoms with Crippen LogP contribution >= 0.6 is 31.9 Å². The predicted molar refractivity (Wildman–Crippen MR) is 69.0 cm³/mol. The van der Waals surface area contributed by atoms with Crippen molar-refractivity contribution in [1.29, 1.82) is 0 Å². The van der Waals surface area contributed by atoms with E-state index >= 15 is 0 Å². The molecule has 0 aliphatic heterocycles. The molecule has 0 aliphatic rings. The van der Waals surface area contributed by atoms with Crippen LogP contribution in [0.4, 0.5) is 0 Å². The van der Waals surface area contributed by atoms with Crippen molar-refractivity contribution in [3.8, 4) is 5.75 Å². The van der Waals surface area contributed by atoms with E-state index in [1.54, 1.807) is 31.4 Å². The van der Waals surface area contributed by atoms with Gasteiger partial charge in [0.25, 0.3) is 4.45 Å². The van der Waals surface area contributed by atoms with Gasteiger partial charge in [0.15, 0.2) is 0 Å². The van der Waals surface area contributed by atoms with Crippen LogP contribution in [0.5, 0.6) is 5.75 Å². The number of alkyl halides is 2. The minimum atomic E-state index is -1.23. The van der Waals surface area contributed by atoms with Crippen molar-refractivity contribution in [2.24, 2.45) is 0 Å². The van der Waals surface area contributed by atoms with Gasteiger partial charge in [0.1, 0.15) is 10.6 Å². The van der Waals surface area contributed by atoms with Crippen LogP contribution in [0.1, 0.15) is 17.3 Å². The maximum Gasteiger partial charge on any atom is 0.288 e. The summed E-state index contributed by atoms with van der Waals surface area (Å²) in [5.41, 5.74) is 0.817. The molecule has 1 aromatic rings. The van der Waals surface area contributed by atoms with E-state index in [0.29, 0.717) is 0 Å². The molecule has 0 heterocycles. The largest absolute Gasteiger partial charge is 0.497 e. The topological polar surface area (TPSA) is 52.4 Å². The second kappa shape index (κ2) is 5.14. The molecule has 0 N–H and O–H groups in total. The van der Waals surface area contributed by atoms with Gasteiger partial charge in [-0.1, -0.05) is 28.1 Å². The van der Waals surface area contributed by atoms with E-state index in [0.717, 1.165) is 11.3 Å². The first kappa shape index (κ1) is 13.4. The summed E-state index contributed by atoms with van der Waals surface area (Å²) in [5.74, 6) is 0.723. The number of benzene rings is 1. The van der Waals surface area contributed by atoms with Crippen LogP contribution in [-0.4, -0.2) is 16.5 Å². The Morgan fingerprint density at radius 2 is 1.94 bits per heavy atom. The van der Waals surface area contributed by atoms with Crippen LogP contribution in [0.2, 0.25) is 0 Å². The van der Waals surface area contributed by atoms with Crippen LogP contribution < -0.4 is 4.74 Å². The second-order valence-electron chi connectivity index (χ2n) is 3.42. The van der Waals surface area contributed by atoms with E-state index in [2.05, 4.69) is 31.9 Å². The summed E-state index contributed by atoms with van der Waals surface area (Å²) in [5, 5.41) is 10.9. The smallest absolute Gasteiger partial charge is 0.288 e. The van der Waals surface area contributed by atoms with E-state index in [9.17, 15) is 10.1 Å². The van der Waals surface area contributed by atoms with Crippen LogP contribution in [0.3, 0.4) is 0 Å². The van der Waals surface area contributed by atoms with Gasteiger partial charge in [-0.25, -0.2) is 0 Å². The molecule has 88 valence electrons. The van der Waals surface area contributed by atoms with E-state index < -0.39 is 9.28 Å². The highest BCUT2D eigenvalue weighted by molar-refractivity contribution is 9.12. The summed E-state index contributed by atoms with van der Waals surface area (Å²) < 4.78 is 3.79. The number of rotatable bonds is 4. The molecular weight excluding hydrogens is 342 g/mol. The third-order valence-electron chi connectivity index (χ3n) is 2.23. The number of hydrogen-bond donors (Lipinski definition) is 0. The molecule has 16 heavy (non-hydrogen) atoms. The van der Waals surface area contributed by atoms with Gasteiger partial charge in [0.2, 0.25) is 0 Å². The molecular formula is C10H11Br2NO3. The van der Waals surface area contributed by atoms with Crippen molar-refractivity contribution >= 4 is 31.9 Å². The Labute approximate surface area is 110 Å². The molecule has 4 nitrogen and oxygen atoms in total. The molecule has 0 radical (unpaired) electrons. The minimum absolute atomic E-state index is 0.364. The molecule has 0 aliphatic carbocycles. The SMILES string of the molecule is COc1ccc(C(Br)C(C)(Br)[N+](=O)[O-])cc1. The molecule has 0 amide bonds. The first-order chi connectivity index (χ1) is 7.39. The van der Waals surface area contributed by atoms with Crippen molar-refractivity contribution in [2.75, 3.05) is 7.11 Å². The quantitative estimate of drug-likeness (QED) is 0.360. The Balaban J connectivity index is 2.96. The van der Waals surface area contributed by atoms with Crippen molar-refractivity contribution in [2.45, 2.75) is 16.2 Å². The second-order valence-corrected chi connectivity index (χ2v) is 5.94. The summed E-state index contributed by atoms with van der Waals surface area (Å²) in [4.78, 5) is 10.1. The van der Waals surface area contributed by atoms with Gasteiger partial charge in [-0.05, 0) is 17.7 Å². The summed E-state index contributed by atoms with van der Waals surface area (Å²) in [6, 6.07) is 7.13. The minimum Gasteiger partial charge on any atom is -0.497 e. The van der Waals surface area contributed by atoms with E-state index in [-0.39, 0.29) is 4.92 Å². The Bertz CT molecular complexity index is 378. The number of nitro groups is 1. The maximum atomic E-state index is 10.9. The number of hydrogen-bond acceptors (Lipinski definition) is 3. The molecule has 0 aromatic heterocycles. The first-order valence-electron chi connectivity index (χ1n) is 4.51. The van der Waals surface area contributed by atoms with Crippen molar-refractivity contribution in [3.63, 3.8) is 0 Å². The number of nitrogens with zero attached hydrogens (tertiary/aromatic N) is 1. The number of methoxy groups -OCH3 is 1. The van der Waals surface area contributed by atoms with Gasteiger partial charge < -0.3 is 4.74 Å². The zero-order chi connectivity index (χ0) is 12.3. The lowest BCUT2D eigenvalue weighted by Gasteiger charge is -2.20. The Morgan fingerprint density at radius 3 is 2.31 bits per heavy atom. The zero-order valence-electron chi connectivity index (χ0n) is 8.81. The molecule has 1 aromatic carbocycles. The average molecular weight is 353 g/mol. The monoisotopic (exact) mass is 351 g/mol. The fourth-order valence-corrected chi connectivity index (χ4v) is 1.91. The molecule has 0 fully saturated rings. The molecule has 2 unspecified atom stereocenters. The molecule has 6 heteroatoms. The lowest BCUT2D eigenvalue weighted by Crippen LogP contribution is -2.31. The first-order valence-corrected chi connectivity index (χ1v) is 6.22. The molecule has 0 saturated carbocycles. The van der Waals surface area contributed by atoms with E-state index in [4.69, 9.17) is 4.74 Å². The van der Waals surface area contributed by atoms with E-state index in [1.165, 1.54) is 6.92 Å². The van der Waals surface area contributed by atoms with Gasteiger partial charge in [-0.3, -0.25) is 10.1 Å².